The molecule has 0 saturated carbocycles. The van der Waals surface area contributed by atoms with Crippen molar-refractivity contribution in [2.75, 3.05) is 12.3 Å². The van der Waals surface area contributed by atoms with Crippen LogP contribution in [0, 0.1) is 0 Å². The van der Waals surface area contributed by atoms with Gasteiger partial charge in [-0.15, -0.1) is 0 Å². The Hall–Kier alpha value is -1.82. The number of carbonyl (C=O) groups is 1. The van der Waals surface area contributed by atoms with E-state index in [1.54, 1.807) is 18.3 Å². The number of nitrogens with two attached hydrogens (primary N) is 1. The first-order valence-electron chi connectivity index (χ1n) is 6.65. The zero-order valence-electron chi connectivity index (χ0n) is 11.9. The molecule has 2 heterocycles. The number of carbonyl (C=O) groups excluding carboxylic acids is 1. The van der Waals surface area contributed by atoms with Crippen LogP contribution in [-0.4, -0.2) is 22.1 Å². The highest BCUT2D eigenvalue weighted by Crippen LogP contribution is 2.27. The van der Waals surface area contributed by atoms with Gasteiger partial charge >= 0.3 is 5.97 Å². The first-order valence-corrected chi connectivity index (χ1v) is 7.60. The third kappa shape index (κ3) is 2.56. The van der Waals surface area contributed by atoms with Gasteiger partial charge in [-0.1, -0.05) is 6.92 Å². The molecule has 1 unspecified atom stereocenters. The molecule has 2 aromatic heterocycles. The summed E-state index contributed by atoms with van der Waals surface area (Å²) < 4.78 is 6.91. The minimum atomic E-state index is -0.462. The summed E-state index contributed by atoms with van der Waals surface area (Å²) in [7, 11) is 0. The van der Waals surface area contributed by atoms with Crippen LogP contribution in [0.5, 0.6) is 0 Å². The molecular weight excluding hydrogens is 274 g/mol. The second kappa shape index (κ2) is 6.09. The van der Waals surface area contributed by atoms with Gasteiger partial charge in [-0.05, 0) is 36.2 Å². The van der Waals surface area contributed by atoms with Crippen LogP contribution in [0.2, 0.25) is 0 Å². The van der Waals surface area contributed by atoms with Crippen LogP contribution in [0.15, 0.2) is 16.8 Å². The number of hydrogen-bond acceptors (Lipinski definition) is 5. The molecule has 0 aliphatic rings. The SMILES string of the molecule is CCOC(=O)c1nc(CC)n(C(C)c2ccsc2)c1N. The topological polar surface area (TPSA) is 70.1 Å². The third-order valence-electron chi connectivity index (χ3n) is 3.22. The van der Waals surface area contributed by atoms with Gasteiger partial charge in [0.2, 0.25) is 0 Å². The lowest BCUT2D eigenvalue weighted by Gasteiger charge is -2.16. The molecule has 0 saturated heterocycles. The van der Waals surface area contributed by atoms with Crippen molar-refractivity contribution in [3.05, 3.63) is 33.9 Å². The Kier molecular flexibility index (Phi) is 4.44. The molecule has 0 radical (unpaired) electrons. The quantitative estimate of drug-likeness (QED) is 0.861. The molecule has 2 aromatic rings. The van der Waals surface area contributed by atoms with Crippen molar-refractivity contribution in [1.29, 1.82) is 0 Å². The summed E-state index contributed by atoms with van der Waals surface area (Å²) >= 11 is 1.64. The Labute approximate surface area is 122 Å². The van der Waals surface area contributed by atoms with E-state index in [1.165, 1.54) is 0 Å². The molecule has 0 fully saturated rings. The number of rotatable bonds is 5. The van der Waals surface area contributed by atoms with Gasteiger partial charge in [0.05, 0.1) is 12.6 Å². The zero-order chi connectivity index (χ0) is 14.7. The van der Waals surface area contributed by atoms with Crippen LogP contribution in [0.3, 0.4) is 0 Å². The first-order chi connectivity index (χ1) is 9.60. The fourth-order valence-corrected chi connectivity index (χ4v) is 2.93. The van der Waals surface area contributed by atoms with Crippen LogP contribution in [0.25, 0.3) is 0 Å². The van der Waals surface area contributed by atoms with Gasteiger partial charge in [-0.3, -0.25) is 0 Å². The van der Waals surface area contributed by atoms with Crippen molar-refractivity contribution >= 4 is 23.1 Å². The monoisotopic (exact) mass is 293 g/mol. The van der Waals surface area contributed by atoms with Crippen LogP contribution >= 0.6 is 11.3 Å². The molecule has 0 aromatic carbocycles. The molecule has 108 valence electrons. The van der Waals surface area contributed by atoms with Crippen molar-refractivity contribution < 1.29 is 9.53 Å². The highest BCUT2D eigenvalue weighted by molar-refractivity contribution is 7.07. The molecule has 0 aliphatic heterocycles. The van der Waals surface area contributed by atoms with Crippen molar-refractivity contribution in [3.8, 4) is 0 Å². The molecule has 20 heavy (non-hydrogen) atoms. The number of ether oxygens (including phenoxy) is 1. The summed E-state index contributed by atoms with van der Waals surface area (Å²) in [6.07, 6.45) is 0.706. The number of imidazole rings is 1. The average molecular weight is 293 g/mol. The van der Waals surface area contributed by atoms with E-state index < -0.39 is 5.97 Å². The first kappa shape index (κ1) is 14.6. The summed E-state index contributed by atoms with van der Waals surface area (Å²) in [6, 6.07) is 2.10. The van der Waals surface area contributed by atoms with Crippen LogP contribution < -0.4 is 5.73 Å². The summed E-state index contributed by atoms with van der Waals surface area (Å²) in [5, 5.41) is 4.10. The van der Waals surface area contributed by atoms with Gasteiger partial charge in [0.1, 0.15) is 11.6 Å². The molecule has 0 aliphatic carbocycles. The predicted octanol–water partition coefficient (Wildman–Crippen LogP) is 2.88. The molecule has 0 spiro atoms. The van der Waals surface area contributed by atoms with Gasteiger partial charge in [0.25, 0.3) is 0 Å². The van der Waals surface area contributed by atoms with E-state index in [0.29, 0.717) is 18.8 Å². The van der Waals surface area contributed by atoms with Gasteiger partial charge in [0, 0.05) is 6.42 Å². The van der Waals surface area contributed by atoms with Crippen molar-refractivity contribution in [3.63, 3.8) is 0 Å². The fraction of sp³-hybridized carbons (Fsp3) is 0.429. The van der Waals surface area contributed by atoms with E-state index in [-0.39, 0.29) is 11.7 Å². The summed E-state index contributed by atoms with van der Waals surface area (Å²) in [6.45, 7) is 6.12. The number of aromatic nitrogens is 2. The molecule has 2 N–H and O–H groups in total. The second-order valence-electron chi connectivity index (χ2n) is 4.44. The summed E-state index contributed by atoms with van der Waals surface area (Å²) in [5.41, 5.74) is 7.49. The lowest BCUT2D eigenvalue weighted by molar-refractivity contribution is 0.0521. The number of aryl methyl sites for hydroxylation is 1. The maximum atomic E-state index is 11.9. The largest absolute Gasteiger partial charge is 0.461 e. The average Bonchev–Trinajstić information content (AvgIpc) is 3.05. The van der Waals surface area contributed by atoms with Crippen molar-refractivity contribution in [2.45, 2.75) is 33.2 Å². The van der Waals surface area contributed by atoms with E-state index in [0.717, 1.165) is 11.4 Å². The lowest BCUT2D eigenvalue weighted by atomic mass is 10.1. The molecule has 0 bridgehead atoms. The Morgan fingerprint density at radius 1 is 1.55 bits per heavy atom. The van der Waals surface area contributed by atoms with Gasteiger partial charge in [-0.25, -0.2) is 9.78 Å². The van der Waals surface area contributed by atoms with Crippen molar-refractivity contribution in [2.24, 2.45) is 0 Å². The van der Waals surface area contributed by atoms with E-state index in [9.17, 15) is 4.79 Å². The summed E-state index contributed by atoms with van der Waals surface area (Å²) in [4.78, 5) is 16.2. The fourth-order valence-electron chi connectivity index (χ4n) is 2.19. The molecule has 2 rings (SSSR count). The Morgan fingerprint density at radius 2 is 2.30 bits per heavy atom. The molecule has 6 heteroatoms. The second-order valence-corrected chi connectivity index (χ2v) is 5.22. The number of nitrogens with zero attached hydrogens (tertiary/aromatic N) is 2. The number of esters is 1. The Morgan fingerprint density at radius 3 is 2.85 bits per heavy atom. The minimum Gasteiger partial charge on any atom is -0.461 e. The van der Waals surface area contributed by atoms with Crippen LogP contribution in [0.4, 0.5) is 5.82 Å². The molecule has 0 amide bonds. The number of nitrogen functional groups attached to an aromatic ring is 1. The molecular formula is C14H19N3O2S. The third-order valence-corrected chi connectivity index (χ3v) is 3.92. The number of hydrogen-bond donors (Lipinski definition) is 1. The minimum absolute atomic E-state index is 0.0480. The Balaban J connectivity index is 2.44. The maximum Gasteiger partial charge on any atom is 0.360 e. The van der Waals surface area contributed by atoms with Gasteiger partial charge in [-0.2, -0.15) is 11.3 Å². The van der Waals surface area contributed by atoms with Gasteiger partial charge in [0.15, 0.2) is 5.69 Å². The molecule has 1 atom stereocenters. The maximum absolute atomic E-state index is 11.9. The van der Waals surface area contributed by atoms with Crippen molar-refractivity contribution in [1.82, 2.24) is 9.55 Å². The standard InChI is InChI=1S/C14H19N3O2S/c1-4-11-16-12(14(18)19-5-2)13(15)17(11)9(3)10-6-7-20-8-10/h6-9H,4-5,15H2,1-3H3. The van der Waals surface area contributed by atoms with E-state index in [4.69, 9.17) is 10.5 Å². The highest BCUT2D eigenvalue weighted by Gasteiger charge is 2.24. The van der Waals surface area contributed by atoms with E-state index >= 15 is 0 Å². The summed E-state index contributed by atoms with van der Waals surface area (Å²) in [5.74, 6) is 0.708. The number of anilines is 1. The van der Waals surface area contributed by atoms with Crippen LogP contribution in [0.1, 0.15) is 48.7 Å². The zero-order valence-corrected chi connectivity index (χ0v) is 12.7. The lowest BCUT2D eigenvalue weighted by Crippen LogP contribution is -2.14. The van der Waals surface area contributed by atoms with E-state index in [1.807, 2.05) is 23.8 Å². The van der Waals surface area contributed by atoms with Gasteiger partial charge < -0.3 is 15.0 Å². The predicted molar refractivity (Wildman–Crippen MR) is 80.1 cm³/mol. The Bertz CT molecular complexity index is 590. The molecule has 5 nitrogen and oxygen atoms in total. The normalized spacial score (nSPS) is 12.3. The number of thiophene rings is 1. The highest BCUT2D eigenvalue weighted by atomic mass is 32.1. The van der Waals surface area contributed by atoms with E-state index in [2.05, 4.69) is 16.4 Å². The van der Waals surface area contributed by atoms with Crippen LogP contribution in [-0.2, 0) is 11.2 Å². The smallest absolute Gasteiger partial charge is 0.360 e.